The van der Waals surface area contributed by atoms with Gasteiger partial charge in [0.2, 0.25) is 5.95 Å². The van der Waals surface area contributed by atoms with Gasteiger partial charge in [0.15, 0.2) is 5.65 Å². The van der Waals surface area contributed by atoms with E-state index in [1.165, 1.54) is 18.4 Å². The fourth-order valence-electron chi connectivity index (χ4n) is 2.29. The number of nitrogens with one attached hydrogen (secondary N) is 1. The molecule has 1 atom stereocenters. The van der Waals surface area contributed by atoms with Crippen LogP contribution >= 0.6 is 0 Å². The Morgan fingerprint density at radius 3 is 3.00 bits per heavy atom. The van der Waals surface area contributed by atoms with Crippen molar-refractivity contribution in [1.29, 1.82) is 0 Å². The predicted molar refractivity (Wildman–Crippen MR) is 76.5 cm³/mol. The van der Waals surface area contributed by atoms with E-state index in [2.05, 4.69) is 47.3 Å². The van der Waals surface area contributed by atoms with Gasteiger partial charge in [-0.15, -0.1) is 5.10 Å². The quantitative estimate of drug-likeness (QED) is 0.891. The lowest BCUT2D eigenvalue weighted by Gasteiger charge is -2.24. The zero-order chi connectivity index (χ0) is 13.4. The molecule has 19 heavy (non-hydrogen) atoms. The highest BCUT2D eigenvalue weighted by Gasteiger charge is 2.28. The fraction of sp³-hybridized carbons (Fsp3) is 0.571. The van der Waals surface area contributed by atoms with Gasteiger partial charge in [-0.3, -0.25) is 4.90 Å². The van der Waals surface area contributed by atoms with Crippen molar-refractivity contribution >= 4 is 11.6 Å². The average molecular weight is 259 g/mol. The van der Waals surface area contributed by atoms with Gasteiger partial charge < -0.3 is 5.32 Å². The minimum atomic E-state index is 0.501. The Bertz CT molecular complexity index is 572. The van der Waals surface area contributed by atoms with Crippen LogP contribution in [0.5, 0.6) is 0 Å². The Balaban J connectivity index is 1.64. The van der Waals surface area contributed by atoms with Gasteiger partial charge in [0.05, 0.1) is 0 Å². The van der Waals surface area contributed by atoms with E-state index >= 15 is 0 Å². The van der Waals surface area contributed by atoms with Gasteiger partial charge in [-0.25, -0.2) is 4.52 Å². The molecule has 1 aliphatic carbocycles. The first-order chi connectivity index (χ1) is 9.13. The van der Waals surface area contributed by atoms with Crippen molar-refractivity contribution in [3.63, 3.8) is 0 Å². The lowest BCUT2D eigenvalue weighted by atomic mass is 10.3. The molecular weight excluding hydrogens is 238 g/mol. The summed E-state index contributed by atoms with van der Waals surface area (Å²) in [7, 11) is 2.20. The van der Waals surface area contributed by atoms with Crippen LogP contribution in [0.25, 0.3) is 5.65 Å². The SMILES string of the molecule is Cc1ccc2nc(NCC(C)N(C)C3CC3)nn2c1. The molecule has 0 aliphatic heterocycles. The Morgan fingerprint density at radius 1 is 1.47 bits per heavy atom. The van der Waals surface area contributed by atoms with Gasteiger partial charge in [0.1, 0.15) is 0 Å². The molecule has 0 saturated heterocycles. The van der Waals surface area contributed by atoms with Gasteiger partial charge >= 0.3 is 0 Å². The molecule has 0 radical (unpaired) electrons. The zero-order valence-corrected chi connectivity index (χ0v) is 11.8. The first-order valence-corrected chi connectivity index (χ1v) is 6.92. The normalized spacial score (nSPS) is 17.1. The van der Waals surface area contributed by atoms with Crippen molar-refractivity contribution < 1.29 is 0 Å². The van der Waals surface area contributed by atoms with Crippen LogP contribution in [-0.2, 0) is 0 Å². The molecule has 5 nitrogen and oxygen atoms in total. The van der Waals surface area contributed by atoms with Crippen molar-refractivity contribution in [2.45, 2.75) is 38.8 Å². The van der Waals surface area contributed by atoms with Crippen LogP contribution in [0.4, 0.5) is 5.95 Å². The summed E-state index contributed by atoms with van der Waals surface area (Å²) in [6.07, 6.45) is 4.67. The highest BCUT2D eigenvalue weighted by Crippen LogP contribution is 2.26. The number of aromatic nitrogens is 3. The molecule has 0 amide bonds. The molecule has 1 fully saturated rings. The molecule has 102 valence electrons. The van der Waals surface area contributed by atoms with Crippen molar-refractivity contribution in [1.82, 2.24) is 19.5 Å². The predicted octanol–water partition coefficient (Wildman–Crippen LogP) is 1.93. The third-order valence-corrected chi connectivity index (χ3v) is 3.85. The number of likely N-dealkylation sites (N-methyl/N-ethyl adjacent to an activating group) is 1. The third-order valence-electron chi connectivity index (χ3n) is 3.85. The number of pyridine rings is 1. The number of anilines is 1. The largest absolute Gasteiger partial charge is 0.351 e. The minimum Gasteiger partial charge on any atom is -0.351 e. The summed E-state index contributed by atoms with van der Waals surface area (Å²) in [5.41, 5.74) is 2.07. The topological polar surface area (TPSA) is 45.5 Å². The van der Waals surface area contributed by atoms with Gasteiger partial charge in [0.25, 0.3) is 0 Å². The maximum atomic E-state index is 4.47. The van der Waals surface area contributed by atoms with Gasteiger partial charge in [-0.05, 0) is 45.4 Å². The van der Waals surface area contributed by atoms with E-state index in [1.807, 2.05) is 16.8 Å². The summed E-state index contributed by atoms with van der Waals surface area (Å²) in [5.74, 6) is 0.710. The summed E-state index contributed by atoms with van der Waals surface area (Å²) >= 11 is 0. The minimum absolute atomic E-state index is 0.501. The van der Waals surface area contributed by atoms with Crippen LogP contribution in [0.3, 0.4) is 0 Å². The van der Waals surface area contributed by atoms with Gasteiger partial charge in [0, 0.05) is 24.8 Å². The van der Waals surface area contributed by atoms with E-state index in [0.717, 1.165) is 18.2 Å². The van der Waals surface area contributed by atoms with Gasteiger partial charge in [-0.2, -0.15) is 4.98 Å². The Kier molecular flexibility index (Phi) is 3.14. The van der Waals surface area contributed by atoms with E-state index in [1.54, 1.807) is 0 Å². The molecule has 1 unspecified atom stereocenters. The van der Waals surface area contributed by atoms with Crippen molar-refractivity contribution in [2.24, 2.45) is 0 Å². The fourth-order valence-corrected chi connectivity index (χ4v) is 2.29. The van der Waals surface area contributed by atoms with Crippen molar-refractivity contribution in [2.75, 3.05) is 18.9 Å². The second kappa shape index (κ2) is 4.81. The molecule has 2 aromatic rings. The molecule has 1 N–H and O–H groups in total. The number of fused-ring (bicyclic) bond motifs is 1. The number of nitrogens with zero attached hydrogens (tertiary/aromatic N) is 4. The maximum absolute atomic E-state index is 4.47. The number of hydrogen-bond acceptors (Lipinski definition) is 4. The lowest BCUT2D eigenvalue weighted by Crippen LogP contribution is -2.36. The molecular formula is C14H21N5. The maximum Gasteiger partial charge on any atom is 0.243 e. The summed E-state index contributed by atoms with van der Waals surface area (Å²) < 4.78 is 1.83. The monoisotopic (exact) mass is 259 g/mol. The van der Waals surface area contributed by atoms with Crippen LogP contribution in [0.2, 0.25) is 0 Å². The molecule has 1 saturated carbocycles. The van der Waals surface area contributed by atoms with E-state index < -0.39 is 0 Å². The summed E-state index contributed by atoms with van der Waals surface area (Å²) in [4.78, 5) is 6.91. The second-order valence-corrected chi connectivity index (χ2v) is 5.57. The van der Waals surface area contributed by atoms with Crippen molar-refractivity contribution in [3.05, 3.63) is 23.9 Å². The third kappa shape index (κ3) is 2.71. The summed E-state index contributed by atoms with van der Waals surface area (Å²) in [5, 5.41) is 7.77. The van der Waals surface area contributed by atoms with Crippen LogP contribution in [0, 0.1) is 6.92 Å². The highest BCUT2D eigenvalue weighted by molar-refractivity contribution is 5.44. The highest BCUT2D eigenvalue weighted by atomic mass is 15.3. The first-order valence-electron chi connectivity index (χ1n) is 6.92. The Hall–Kier alpha value is -1.62. The standard InChI is InChI=1S/C14H21N5/c1-10-4-7-13-16-14(17-19(13)9-10)15-8-11(2)18(3)12-5-6-12/h4,7,9,11-12H,5-6,8H2,1-3H3,(H,15,17). The molecule has 0 bridgehead atoms. The van der Waals surface area contributed by atoms with Crippen LogP contribution in [0.1, 0.15) is 25.3 Å². The zero-order valence-electron chi connectivity index (χ0n) is 11.8. The summed E-state index contributed by atoms with van der Waals surface area (Å²) in [6.45, 7) is 5.18. The molecule has 1 aliphatic rings. The molecule has 3 rings (SSSR count). The Morgan fingerprint density at radius 2 is 2.26 bits per heavy atom. The van der Waals surface area contributed by atoms with E-state index in [-0.39, 0.29) is 0 Å². The average Bonchev–Trinajstić information content (AvgIpc) is 3.16. The van der Waals surface area contributed by atoms with Crippen LogP contribution in [0.15, 0.2) is 18.3 Å². The molecule has 0 aromatic carbocycles. The number of aryl methyl sites for hydroxylation is 1. The first kappa shape index (κ1) is 12.4. The van der Waals surface area contributed by atoms with Crippen LogP contribution < -0.4 is 5.32 Å². The Labute approximate surface area is 113 Å². The molecule has 2 heterocycles. The molecule has 2 aromatic heterocycles. The number of rotatable bonds is 5. The molecule has 5 heteroatoms. The van der Waals surface area contributed by atoms with E-state index in [4.69, 9.17) is 0 Å². The number of hydrogen-bond donors (Lipinski definition) is 1. The van der Waals surface area contributed by atoms with Crippen LogP contribution in [-0.4, -0.2) is 45.2 Å². The second-order valence-electron chi connectivity index (χ2n) is 5.57. The van der Waals surface area contributed by atoms with Crippen molar-refractivity contribution in [3.8, 4) is 0 Å². The van der Waals surface area contributed by atoms with E-state index in [9.17, 15) is 0 Å². The summed E-state index contributed by atoms with van der Waals surface area (Å²) in [6, 6.07) is 5.33. The van der Waals surface area contributed by atoms with E-state index in [0.29, 0.717) is 12.0 Å². The smallest absolute Gasteiger partial charge is 0.243 e. The molecule has 0 spiro atoms. The lowest BCUT2D eigenvalue weighted by molar-refractivity contribution is 0.257. The van der Waals surface area contributed by atoms with Gasteiger partial charge in [-0.1, -0.05) is 6.07 Å².